The van der Waals surface area contributed by atoms with E-state index in [0.717, 1.165) is 31.0 Å². The van der Waals surface area contributed by atoms with E-state index in [4.69, 9.17) is 9.10 Å². The first kappa shape index (κ1) is 14.7. The minimum atomic E-state index is -0.143. The van der Waals surface area contributed by atoms with Crippen LogP contribution in [0.4, 0.5) is 0 Å². The summed E-state index contributed by atoms with van der Waals surface area (Å²) < 4.78 is 10.5. The third-order valence-corrected chi connectivity index (χ3v) is 5.60. The monoisotopic (exact) mass is 280 g/mol. The summed E-state index contributed by atoms with van der Waals surface area (Å²) in [6, 6.07) is 0. The van der Waals surface area contributed by atoms with Crippen molar-refractivity contribution in [3.63, 3.8) is 0 Å². The number of hydrogen-bond donors (Lipinski definition) is 0. The largest absolute Gasteiger partial charge is 0.374 e. The molecule has 1 aliphatic heterocycles. The molecule has 1 heterocycles. The summed E-state index contributed by atoms with van der Waals surface area (Å²) >= 11 is 0. The molecule has 19 heavy (non-hydrogen) atoms. The van der Waals surface area contributed by atoms with Gasteiger partial charge in [-0.15, -0.1) is 0 Å². The topological polar surface area (TPSA) is 34.0 Å². The van der Waals surface area contributed by atoms with Gasteiger partial charge < -0.3 is 4.74 Å². The van der Waals surface area contributed by atoms with Gasteiger partial charge in [-0.2, -0.15) is 0 Å². The molecule has 0 aromatic rings. The molecule has 2 aliphatic rings. The Kier molecular flexibility index (Phi) is 4.74. The first-order valence-corrected chi connectivity index (χ1v) is 8.33. The van der Waals surface area contributed by atoms with E-state index >= 15 is 0 Å². The molecule has 0 spiro atoms. The number of rotatable bonds is 4. The Bertz CT molecular complexity index is 437. The van der Waals surface area contributed by atoms with Crippen molar-refractivity contribution in [3.05, 3.63) is 24.3 Å². The quantitative estimate of drug-likeness (QED) is 0.779. The molecular formula is C15H24N2OS. The standard InChI is InChI=1S/C15H24N2OS/c1-14(2)11-16-13-19(12-14)17-10-9-15(18-3)7-5-4-6-8-15/h4-7,11H,8-10,12-13H2,1-3H3. The highest BCUT2D eigenvalue weighted by atomic mass is 32.2. The highest BCUT2D eigenvalue weighted by molar-refractivity contribution is 7.87. The van der Waals surface area contributed by atoms with E-state index in [1.807, 2.05) is 0 Å². The van der Waals surface area contributed by atoms with Gasteiger partial charge in [-0.25, -0.2) is 0 Å². The second-order valence-electron chi connectivity index (χ2n) is 5.90. The van der Waals surface area contributed by atoms with Crippen LogP contribution in [0.25, 0.3) is 0 Å². The van der Waals surface area contributed by atoms with Crippen molar-refractivity contribution in [2.24, 2.45) is 14.8 Å². The van der Waals surface area contributed by atoms with Gasteiger partial charge in [-0.3, -0.25) is 9.36 Å². The van der Waals surface area contributed by atoms with Crippen molar-refractivity contribution in [3.8, 4) is 0 Å². The van der Waals surface area contributed by atoms with E-state index in [-0.39, 0.29) is 21.7 Å². The predicted molar refractivity (Wildman–Crippen MR) is 83.9 cm³/mol. The summed E-state index contributed by atoms with van der Waals surface area (Å²) in [5.74, 6) is 2.01. The third-order valence-electron chi connectivity index (χ3n) is 3.53. The maximum Gasteiger partial charge on any atom is 0.0946 e. The number of hydrogen-bond acceptors (Lipinski definition) is 3. The van der Waals surface area contributed by atoms with Crippen LogP contribution in [0.1, 0.15) is 26.7 Å². The van der Waals surface area contributed by atoms with Gasteiger partial charge in [0.1, 0.15) is 0 Å². The van der Waals surface area contributed by atoms with Gasteiger partial charge in [0.2, 0.25) is 0 Å². The molecule has 106 valence electrons. The van der Waals surface area contributed by atoms with Crippen molar-refractivity contribution in [1.29, 1.82) is 0 Å². The van der Waals surface area contributed by atoms with Crippen molar-refractivity contribution in [1.82, 2.24) is 0 Å². The molecule has 3 nitrogen and oxygen atoms in total. The zero-order valence-electron chi connectivity index (χ0n) is 12.1. The van der Waals surface area contributed by atoms with Gasteiger partial charge in [0, 0.05) is 37.5 Å². The van der Waals surface area contributed by atoms with Crippen LogP contribution in [0.3, 0.4) is 0 Å². The highest BCUT2D eigenvalue weighted by Crippen LogP contribution is 2.26. The zero-order chi connectivity index (χ0) is 13.8. The molecule has 0 saturated heterocycles. The Balaban J connectivity index is 1.91. The van der Waals surface area contributed by atoms with Gasteiger partial charge in [0.25, 0.3) is 0 Å². The molecule has 2 unspecified atom stereocenters. The van der Waals surface area contributed by atoms with Crippen LogP contribution in [0.2, 0.25) is 0 Å². The van der Waals surface area contributed by atoms with Gasteiger partial charge in [0.15, 0.2) is 0 Å². The zero-order valence-corrected chi connectivity index (χ0v) is 12.9. The van der Waals surface area contributed by atoms with Gasteiger partial charge in [-0.1, -0.05) is 48.8 Å². The summed E-state index contributed by atoms with van der Waals surface area (Å²) in [4.78, 5) is 4.45. The molecule has 1 aliphatic carbocycles. The highest BCUT2D eigenvalue weighted by Gasteiger charge is 2.26. The summed E-state index contributed by atoms with van der Waals surface area (Å²) in [5, 5.41) is 0. The van der Waals surface area contributed by atoms with E-state index in [2.05, 4.69) is 49.4 Å². The van der Waals surface area contributed by atoms with E-state index in [9.17, 15) is 0 Å². The summed E-state index contributed by atoms with van der Waals surface area (Å²) in [6.07, 6.45) is 12.5. The van der Waals surface area contributed by atoms with E-state index in [1.165, 1.54) is 0 Å². The smallest absolute Gasteiger partial charge is 0.0946 e. The number of methoxy groups -OCH3 is 1. The fourth-order valence-electron chi connectivity index (χ4n) is 2.42. The number of aliphatic imine (C=N–C) groups is 1. The fourth-order valence-corrected chi connectivity index (χ4v) is 4.21. The maximum absolute atomic E-state index is 5.68. The first-order chi connectivity index (χ1) is 9.05. The summed E-state index contributed by atoms with van der Waals surface area (Å²) in [5.41, 5.74) is 0.0630. The molecule has 0 amide bonds. The molecule has 2 atom stereocenters. The third kappa shape index (κ3) is 4.11. The minimum absolute atomic E-state index is 0.0907. The molecule has 0 aromatic heterocycles. The predicted octanol–water partition coefficient (Wildman–Crippen LogP) is 3.15. The minimum Gasteiger partial charge on any atom is -0.374 e. The molecule has 0 saturated carbocycles. The van der Waals surface area contributed by atoms with Gasteiger partial charge in [-0.05, 0) is 6.42 Å². The molecule has 0 radical (unpaired) electrons. The van der Waals surface area contributed by atoms with Crippen molar-refractivity contribution >= 4 is 16.9 Å². The van der Waals surface area contributed by atoms with E-state index in [0.29, 0.717) is 0 Å². The molecule has 0 fully saturated rings. The van der Waals surface area contributed by atoms with Crippen LogP contribution < -0.4 is 0 Å². The van der Waals surface area contributed by atoms with Crippen LogP contribution >= 0.6 is 0 Å². The van der Waals surface area contributed by atoms with Crippen LogP contribution in [0, 0.1) is 5.41 Å². The second-order valence-corrected chi connectivity index (χ2v) is 7.63. The van der Waals surface area contributed by atoms with Crippen molar-refractivity contribution in [2.45, 2.75) is 32.3 Å². The van der Waals surface area contributed by atoms with Crippen LogP contribution in [-0.4, -0.2) is 37.1 Å². The Hall–Kier alpha value is -0.740. The van der Waals surface area contributed by atoms with Crippen LogP contribution in [-0.2, 0) is 15.4 Å². The number of allylic oxidation sites excluding steroid dienone is 2. The van der Waals surface area contributed by atoms with E-state index in [1.54, 1.807) is 7.11 Å². The molecule has 0 bridgehead atoms. The Labute approximate surface area is 118 Å². The van der Waals surface area contributed by atoms with E-state index < -0.39 is 0 Å². The SMILES string of the molecule is COC1(CCN=S2CN=CC(C)(C)C2)C=CC=CC1. The average molecular weight is 280 g/mol. The van der Waals surface area contributed by atoms with Crippen molar-refractivity contribution in [2.75, 3.05) is 25.3 Å². The average Bonchev–Trinajstić information content (AvgIpc) is 2.39. The lowest BCUT2D eigenvalue weighted by atomic mass is 9.92. The van der Waals surface area contributed by atoms with Crippen LogP contribution in [0.15, 0.2) is 33.7 Å². The molecule has 0 aromatic carbocycles. The lowest BCUT2D eigenvalue weighted by Gasteiger charge is -2.29. The normalized spacial score (nSPS) is 32.9. The Morgan fingerprint density at radius 1 is 1.37 bits per heavy atom. The van der Waals surface area contributed by atoms with Crippen molar-refractivity contribution < 1.29 is 4.74 Å². The molecule has 4 heteroatoms. The summed E-state index contributed by atoms with van der Waals surface area (Å²) in [7, 11) is 1.88. The fraction of sp³-hybridized carbons (Fsp3) is 0.667. The van der Waals surface area contributed by atoms with Crippen LogP contribution in [0.5, 0.6) is 0 Å². The lowest BCUT2D eigenvalue weighted by molar-refractivity contribution is 0.0289. The van der Waals surface area contributed by atoms with Gasteiger partial charge >= 0.3 is 0 Å². The number of ether oxygens (including phenoxy) is 1. The van der Waals surface area contributed by atoms with Gasteiger partial charge in [0.05, 0.1) is 11.5 Å². The maximum atomic E-state index is 5.68. The molecule has 2 rings (SSSR count). The Morgan fingerprint density at radius 2 is 2.21 bits per heavy atom. The lowest BCUT2D eigenvalue weighted by Crippen LogP contribution is -2.31. The second kappa shape index (κ2) is 6.14. The first-order valence-electron chi connectivity index (χ1n) is 6.81. The number of nitrogens with zero attached hydrogens (tertiary/aromatic N) is 2. The molecule has 0 N–H and O–H groups in total. The Morgan fingerprint density at radius 3 is 2.84 bits per heavy atom. The summed E-state index contributed by atoms with van der Waals surface area (Å²) in [6.45, 7) is 5.33. The molecular weight excluding hydrogens is 256 g/mol.